The monoisotopic (exact) mass is 456 g/mol. The lowest BCUT2D eigenvalue weighted by molar-refractivity contribution is -0.384. The highest BCUT2D eigenvalue weighted by molar-refractivity contribution is 6.32. The molecule has 0 spiro atoms. The van der Waals surface area contributed by atoms with Gasteiger partial charge in [-0.1, -0.05) is 11.6 Å². The van der Waals surface area contributed by atoms with E-state index in [0.29, 0.717) is 36.3 Å². The Balaban J connectivity index is 1.68. The van der Waals surface area contributed by atoms with Crippen LogP contribution in [0.15, 0.2) is 60.7 Å². The largest absolute Gasteiger partial charge is 0.494 e. The molecule has 0 aliphatic heterocycles. The average molecular weight is 457 g/mol. The normalized spacial score (nSPS) is 10.5. The third kappa shape index (κ3) is 6.28. The third-order valence-electron chi connectivity index (χ3n) is 4.56. The zero-order chi connectivity index (χ0) is 22.9. The van der Waals surface area contributed by atoms with Gasteiger partial charge in [-0.25, -0.2) is 0 Å². The van der Waals surface area contributed by atoms with E-state index in [1.807, 2.05) is 50.2 Å². The molecule has 0 aromatic heterocycles. The number of anilines is 1. The Bertz CT molecular complexity index is 1040. The third-order valence-corrected chi connectivity index (χ3v) is 4.84. The van der Waals surface area contributed by atoms with Gasteiger partial charge in [0.25, 0.3) is 5.69 Å². The van der Waals surface area contributed by atoms with Gasteiger partial charge in [-0.2, -0.15) is 0 Å². The van der Waals surface area contributed by atoms with Gasteiger partial charge in [0.05, 0.1) is 23.2 Å². The number of rotatable bonds is 11. The number of nitro groups is 1. The van der Waals surface area contributed by atoms with Crippen molar-refractivity contribution in [3.8, 4) is 17.2 Å². The molecule has 0 fully saturated rings. The van der Waals surface area contributed by atoms with Gasteiger partial charge in [-0.15, -0.1) is 0 Å². The summed E-state index contributed by atoms with van der Waals surface area (Å²) in [6.07, 6.45) is 0. The molecule has 0 unspecified atom stereocenters. The summed E-state index contributed by atoms with van der Waals surface area (Å²) in [6.45, 7) is 5.69. The van der Waals surface area contributed by atoms with Crippen LogP contribution in [0.25, 0.3) is 0 Å². The van der Waals surface area contributed by atoms with Crippen molar-refractivity contribution < 1.29 is 19.1 Å². The SMILES string of the molecule is CCOc1ccc(NCc2cc(Cl)c(OCc3ccc([N+](=O)[O-])cc3)c(OCC)c2)cc1. The van der Waals surface area contributed by atoms with Crippen molar-refractivity contribution in [2.45, 2.75) is 27.0 Å². The van der Waals surface area contributed by atoms with Gasteiger partial charge in [-0.05, 0) is 73.5 Å². The molecule has 8 heteroatoms. The first-order valence-corrected chi connectivity index (χ1v) is 10.7. The van der Waals surface area contributed by atoms with Gasteiger partial charge in [0.2, 0.25) is 0 Å². The maximum atomic E-state index is 10.8. The maximum Gasteiger partial charge on any atom is 0.269 e. The number of nitro benzene ring substituents is 1. The van der Waals surface area contributed by atoms with E-state index >= 15 is 0 Å². The number of hydrogen-bond donors (Lipinski definition) is 1. The van der Waals surface area contributed by atoms with Crippen LogP contribution in [-0.2, 0) is 13.2 Å². The summed E-state index contributed by atoms with van der Waals surface area (Å²) >= 11 is 6.50. The molecule has 0 aliphatic rings. The van der Waals surface area contributed by atoms with Crippen LogP contribution in [0.2, 0.25) is 5.02 Å². The molecule has 1 N–H and O–H groups in total. The Morgan fingerprint density at radius 3 is 2.22 bits per heavy atom. The van der Waals surface area contributed by atoms with Crippen LogP contribution in [0.5, 0.6) is 17.2 Å². The van der Waals surface area contributed by atoms with Crippen molar-refractivity contribution in [1.29, 1.82) is 0 Å². The first-order valence-electron chi connectivity index (χ1n) is 10.3. The summed E-state index contributed by atoms with van der Waals surface area (Å²) in [6, 6.07) is 17.7. The minimum atomic E-state index is -0.436. The van der Waals surface area contributed by atoms with E-state index in [1.165, 1.54) is 12.1 Å². The molecule has 0 aliphatic carbocycles. The summed E-state index contributed by atoms with van der Waals surface area (Å²) in [5.74, 6) is 1.82. The molecule has 0 saturated carbocycles. The van der Waals surface area contributed by atoms with Crippen molar-refractivity contribution in [1.82, 2.24) is 0 Å². The number of hydrogen-bond acceptors (Lipinski definition) is 6. The second-order valence-corrected chi connectivity index (χ2v) is 7.27. The number of nitrogens with one attached hydrogen (secondary N) is 1. The van der Waals surface area contributed by atoms with Crippen LogP contribution in [-0.4, -0.2) is 18.1 Å². The van der Waals surface area contributed by atoms with Crippen LogP contribution in [0.4, 0.5) is 11.4 Å². The smallest absolute Gasteiger partial charge is 0.269 e. The Morgan fingerprint density at radius 1 is 0.906 bits per heavy atom. The number of non-ortho nitro benzene ring substituents is 1. The number of ether oxygens (including phenoxy) is 3. The van der Waals surface area contributed by atoms with Gasteiger partial charge >= 0.3 is 0 Å². The standard InChI is InChI=1S/C24H25ClN2O5/c1-3-30-21-11-7-19(8-12-21)26-15-18-13-22(25)24(23(14-18)31-4-2)32-16-17-5-9-20(10-6-17)27(28)29/h5-14,26H,3-4,15-16H2,1-2H3. The van der Waals surface area contributed by atoms with E-state index in [1.54, 1.807) is 12.1 Å². The topological polar surface area (TPSA) is 82.9 Å². The fourth-order valence-electron chi connectivity index (χ4n) is 3.04. The van der Waals surface area contributed by atoms with Crippen LogP contribution in [0.3, 0.4) is 0 Å². The Kier molecular flexibility index (Phi) is 8.16. The van der Waals surface area contributed by atoms with Gasteiger partial charge < -0.3 is 19.5 Å². The molecule has 0 atom stereocenters. The highest BCUT2D eigenvalue weighted by Crippen LogP contribution is 2.37. The molecule has 0 saturated heterocycles. The molecule has 7 nitrogen and oxygen atoms in total. The van der Waals surface area contributed by atoms with E-state index in [0.717, 1.165) is 22.6 Å². The molecule has 0 bridgehead atoms. The van der Waals surface area contributed by atoms with E-state index in [-0.39, 0.29) is 12.3 Å². The molecule has 168 valence electrons. The predicted molar refractivity (Wildman–Crippen MR) is 125 cm³/mol. The van der Waals surface area contributed by atoms with Crippen molar-refractivity contribution >= 4 is 23.0 Å². The van der Waals surface area contributed by atoms with Crippen LogP contribution in [0, 0.1) is 10.1 Å². The molecule has 3 rings (SSSR count). The molecule has 0 amide bonds. The summed E-state index contributed by atoms with van der Waals surface area (Å²) in [7, 11) is 0. The molecule has 3 aromatic carbocycles. The highest BCUT2D eigenvalue weighted by Gasteiger charge is 2.14. The second-order valence-electron chi connectivity index (χ2n) is 6.86. The first kappa shape index (κ1) is 23.2. The lowest BCUT2D eigenvalue weighted by Gasteiger charge is -2.16. The first-order chi connectivity index (χ1) is 15.5. The molecule has 0 radical (unpaired) electrons. The van der Waals surface area contributed by atoms with E-state index in [4.69, 9.17) is 25.8 Å². The van der Waals surface area contributed by atoms with Crippen molar-refractivity contribution in [2.24, 2.45) is 0 Å². The van der Waals surface area contributed by atoms with E-state index in [9.17, 15) is 10.1 Å². The number of benzene rings is 3. The van der Waals surface area contributed by atoms with Crippen molar-refractivity contribution in [3.05, 3.63) is 86.9 Å². The lowest BCUT2D eigenvalue weighted by Crippen LogP contribution is -2.04. The predicted octanol–water partition coefficient (Wildman–Crippen LogP) is 6.24. The van der Waals surface area contributed by atoms with Gasteiger partial charge in [0.1, 0.15) is 12.4 Å². The quantitative estimate of drug-likeness (QED) is 0.272. The Hall–Kier alpha value is -3.45. The summed E-state index contributed by atoms with van der Waals surface area (Å²) < 4.78 is 17.1. The fourth-order valence-corrected chi connectivity index (χ4v) is 3.32. The minimum Gasteiger partial charge on any atom is -0.494 e. The minimum absolute atomic E-state index is 0.0335. The molecular formula is C24H25ClN2O5. The molecule has 0 heterocycles. The molecule has 3 aromatic rings. The molecule has 32 heavy (non-hydrogen) atoms. The summed E-state index contributed by atoms with van der Waals surface area (Å²) in [4.78, 5) is 10.4. The average Bonchev–Trinajstić information content (AvgIpc) is 2.79. The van der Waals surface area contributed by atoms with E-state index in [2.05, 4.69) is 5.32 Å². The number of halogens is 1. The van der Waals surface area contributed by atoms with E-state index < -0.39 is 4.92 Å². The summed E-state index contributed by atoms with van der Waals surface area (Å²) in [5.41, 5.74) is 2.72. The van der Waals surface area contributed by atoms with Gasteiger partial charge in [0.15, 0.2) is 11.5 Å². The highest BCUT2D eigenvalue weighted by atomic mass is 35.5. The maximum absolute atomic E-state index is 10.8. The van der Waals surface area contributed by atoms with Gasteiger partial charge in [-0.3, -0.25) is 10.1 Å². The zero-order valence-corrected chi connectivity index (χ0v) is 18.7. The Morgan fingerprint density at radius 2 is 1.59 bits per heavy atom. The van der Waals surface area contributed by atoms with Crippen molar-refractivity contribution in [2.75, 3.05) is 18.5 Å². The molecular weight excluding hydrogens is 432 g/mol. The second kappa shape index (κ2) is 11.2. The van der Waals surface area contributed by atoms with Crippen molar-refractivity contribution in [3.63, 3.8) is 0 Å². The zero-order valence-electron chi connectivity index (χ0n) is 18.0. The van der Waals surface area contributed by atoms with Gasteiger partial charge in [0, 0.05) is 24.4 Å². The lowest BCUT2D eigenvalue weighted by atomic mass is 10.2. The summed E-state index contributed by atoms with van der Waals surface area (Å²) in [5, 5.41) is 14.6. The fraction of sp³-hybridized carbons (Fsp3) is 0.250. The number of nitrogens with zero attached hydrogens (tertiary/aromatic N) is 1. The van der Waals surface area contributed by atoms with Crippen LogP contribution in [0.1, 0.15) is 25.0 Å². The Labute approximate surface area is 192 Å². The van der Waals surface area contributed by atoms with Crippen LogP contribution >= 0.6 is 11.6 Å². The van der Waals surface area contributed by atoms with Crippen LogP contribution < -0.4 is 19.5 Å².